The van der Waals surface area contributed by atoms with E-state index in [1.54, 1.807) is 7.11 Å². The highest BCUT2D eigenvalue weighted by Crippen LogP contribution is 2.25. The number of carbonyl (C=O) groups is 1. The van der Waals surface area contributed by atoms with Crippen molar-refractivity contribution in [2.45, 2.75) is 12.6 Å². The van der Waals surface area contributed by atoms with Crippen LogP contribution in [-0.4, -0.2) is 45.6 Å². The van der Waals surface area contributed by atoms with Gasteiger partial charge >= 0.3 is 6.09 Å². The third kappa shape index (κ3) is 5.08. The number of cyclic esters (lactones) is 1. The molecule has 1 aliphatic heterocycles. The Morgan fingerprint density at radius 2 is 2.38 bits per heavy atom. The molecule has 1 unspecified atom stereocenters. The van der Waals surface area contributed by atoms with Crippen LogP contribution in [0.5, 0.6) is 5.75 Å². The SMILES string of the molecule is COCCNCc1ccc(OCC2CNC(=O)O2)c(Cl)c1. The highest BCUT2D eigenvalue weighted by molar-refractivity contribution is 6.32. The van der Waals surface area contributed by atoms with Crippen molar-refractivity contribution < 1.29 is 19.0 Å². The topological polar surface area (TPSA) is 68.8 Å². The van der Waals surface area contributed by atoms with Crippen LogP contribution in [0.25, 0.3) is 0 Å². The third-order valence-electron chi connectivity index (χ3n) is 2.98. The van der Waals surface area contributed by atoms with Gasteiger partial charge < -0.3 is 24.8 Å². The van der Waals surface area contributed by atoms with Crippen molar-refractivity contribution in [2.24, 2.45) is 0 Å². The summed E-state index contributed by atoms with van der Waals surface area (Å²) in [6, 6.07) is 5.62. The van der Waals surface area contributed by atoms with E-state index in [1.807, 2.05) is 18.2 Å². The van der Waals surface area contributed by atoms with Crippen LogP contribution < -0.4 is 15.4 Å². The fraction of sp³-hybridized carbons (Fsp3) is 0.500. The Hall–Kier alpha value is -1.50. The first-order valence-electron chi connectivity index (χ1n) is 6.74. The number of amides is 1. The van der Waals surface area contributed by atoms with E-state index in [4.69, 9.17) is 25.8 Å². The zero-order chi connectivity index (χ0) is 15.1. The van der Waals surface area contributed by atoms with E-state index >= 15 is 0 Å². The molecule has 1 saturated heterocycles. The fourth-order valence-electron chi connectivity index (χ4n) is 1.89. The predicted molar refractivity (Wildman–Crippen MR) is 78.8 cm³/mol. The van der Waals surface area contributed by atoms with Gasteiger partial charge in [0.15, 0.2) is 6.10 Å². The van der Waals surface area contributed by atoms with Gasteiger partial charge in [0.05, 0.1) is 18.2 Å². The van der Waals surface area contributed by atoms with Crippen LogP contribution in [0.1, 0.15) is 5.56 Å². The monoisotopic (exact) mass is 314 g/mol. The van der Waals surface area contributed by atoms with Crippen molar-refractivity contribution in [3.63, 3.8) is 0 Å². The summed E-state index contributed by atoms with van der Waals surface area (Å²) in [5.41, 5.74) is 1.07. The number of halogens is 1. The molecule has 1 fully saturated rings. The summed E-state index contributed by atoms with van der Waals surface area (Å²) in [6.45, 7) is 2.91. The summed E-state index contributed by atoms with van der Waals surface area (Å²) in [5.74, 6) is 0.584. The van der Waals surface area contributed by atoms with Gasteiger partial charge in [-0.25, -0.2) is 4.79 Å². The Morgan fingerprint density at radius 3 is 3.05 bits per heavy atom. The van der Waals surface area contributed by atoms with E-state index in [9.17, 15) is 4.79 Å². The number of hydrogen-bond acceptors (Lipinski definition) is 5. The lowest BCUT2D eigenvalue weighted by molar-refractivity contribution is 0.105. The quantitative estimate of drug-likeness (QED) is 0.713. The van der Waals surface area contributed by atoms with Crippen LogP contribution in [0, 0.1) is 0 Å². The molecule has 1 aromatic rings. The molecule has 1 atom stereocenters. The molecule has 0 aliphatic carbocycles. The third-order valence-corrected chi connectivity index (χ3v) is 3.28. The van der Waals surface area contributed by atoms with Crippen molar-refractivity contribution >= 4 is 17.7 Å². The molecular formula is C14H19ClN2O4. The predicted octanol–water partition coefficient (Wildman–Crippen LogP) is 1.56. The average Bonchev–Trinajstić information content (AvgIpc) is 2.88. The molecular weight excluding hydrogens is 296 g/mol. The Bertz CT molecular complexity index is 484. The number of alkyl carbamates (subject to hydrolysis) is 1. The van der Waals surface area contributed by atoms with Gasteiger partial charge in [-0.1, -0.05) is 17.7 Å². The Balaban J connectivity index is 1.79. The van der Waals surface area contributed by atoms with Gasteiger partial charge in [0.1, 0.15) is 12.4 Å². The molecule has 1 aromatic carbocycles. The van der Waals surface area contributed by atoms with E-state index in [2.05, 4.69) is 10.6 Å². The number of carbonyl (C=O) groups excluding carboxylic acids is 1. The van der Waals surface area contributed by atoms with Gasteiger partial charge in [0, 0.05) is 20.2 Å². The molecule has 1 heterocycles. The van der Waals surface area contributed by atoms with Gasteiger partial charge in [0.25, 0.3) is 0 Å². The van der Waals surface area contributed by atoms with Gasteiger partial charge in [-0.15, -0.1) is 0 Å². The molecule has 116 valence electrons. The number of ether oxygens (including phenoxy) is 3. The van der Waals surface area contributed by atoms with Crippen LogP contribution in [-0.2, 0) is 16.0 Å². The van der Waals surface area contributed by atoms with Crippen LogP contribution in [0.15, 0.2) is 18.2 Å². The fourth-order valence-corrected chi connectivity index (χ4v) is 2.14. The molecule has 0 spiro atoms. The average molecular weight is 315 g/mol. The summed E-state index contributed by atoms with van der Waals surface area (Å²) in [6.07, 6.45) is -0.684. The lowest BCUT2D eigenvalue weighted by Gasteiger charge is -2.12. The first kappa shape index (κ1) is 15.9. The first-order valence-corrected chi connectivity index (χ1v) is 7.12. The second-order valence-electron chi connectivity index (χ2n) is 4.65. The first-order chi connectivity index (χ1) is 10.2. The van der Waals surface area contributed by atoms with Crippen molar-refractivity contribution in [3.05, 3.63) is 28.8 Å². The minimum atomic E-state index is -0.410. The normalized spacial score (nSPS) is 17.4. The molecule has 21 heavy (non-hydrogen) atoms. The largest absolute Gasteiger partial charge is 0.488 e. The molecule has 1 aliphatic rings. The minimum absolute atomic E-state index is 0.274. The van der Waals surface area contributed by atoms with Crippen LogP contribution in [0.3, 0.4) is 0 Å². The second-order valence-corrected chi connectivity index (χ2v) is 5.06. The molecule has 0 bridgehead atoms. The molecule has 6 nitrogen and oxygen atoms in total. The standard InChI is InChI=1S/C14H19ClN2O4/c1-19-5-4-16-7-10-2-3-13(12(15)6-10)20-9-11-8-17-14(18)21-11/h2-3,6,11,16H,4-5,7-9H2,1H3,(H,17,18). The molecule has 7 heteroatoms. The minimum Gasteiger partial charge on any atom is -0.488 e. The van der Waals surface area contributed by atoms with Crippen LogP contribution in [0.2, 0.25) is 5.02 Å². The van der Waals surface area contributed by atoms with Gasteiger partial charge in [0.2, 0.25) is 0 Å². The van der Waals surface area contributed by atoms with Crippen molar-refractivity contribution in [2.75, 3.05) is 33.4 Å². The Kier molecular flexibility index (Phi) is 6.10. The molecule has 2 rings (SSSR count). The smallest absolute Gasteiger partial charge is 0.407 e. The van der Waals surface area contributed by atoms with Gasteiger partial charge in [-0.2, -0.15) is 0 Å². The van der Waals surface area contributed by atoms with Crippen molar-refractivity contribution in [1.82, 2.24) is 10.6 Å². The number of rotatable bonds is 8. The summed E-state index contributed by atoms with van der Waals surface area (Å²) >= 11 is 6.18. The number of methoxy groups -OCH3 is 1. The van der Waals surface area contributed by atoms with Crippen LogP contribution >= 0.6 is 11.6 Å². The molecule has 0 aromatic heterocycles. The summed E-state index contributed by atoms with van der Waals surface area (Å²) in [4.78, 5) is 10.9. The lowest BCUT2D eigenvalue weighted by atomic mass is 10.2. The maximum absolute atomic E-state index is 10.9. The van der Waals surface area contributed by atoms with Crippen molar-refractivity contribution in [3.8, 4) is 5.75 Å². The van der Waals surface area contributed by atoms with E-state index in [0.717, 1.165) is 12.1 Å². The van der Waals surface area contributed by atoms with Gasteiger partial charge in [-0.3, -0.25) is 0 Å². The Morgan fingerprint density at radius 1 is 1.52 bits per heavy atom. The van der Waals surface area contributed by atoms with E-state index in [0.29, 0.717) is 30.5 Å². The Labute approximate surface area is 128 Å². The zero-order valence-corrected chi connectivity index (χ0v) is 12.6. The molecule has 0 saturated carbocycles. The highest BCUT2D eigenvalue weighted by atomic mass is 35.5. The number of nitrogens with one attached hydrogen (secondary N) is 2. The van der Waals surface area contributed by atoms with E-state index < -0.39 is 6.09 Å². The second kappa shape index (κ2) is 8.07. The number of hydrogen-bond donors (Lipinski definition) is 2. The van der Waals surface area contributed by atoms with E-state index in [-0.39, 0.29) is 12.7 Å². The number of benzene rings is 1. The zero-order valence-electron chi connectivity index (χ0n) is 11.9. The summed E-state index contributed by atoms with van der Waals surface area (Å²) in [5, 5.41) is 6.35. The maximum atomic E-state index is 10.9. The van der Waals surface area contributed by atoms with Gasteiger partial charge in [-0.05, 0) is 17.7 Å². The highest BCUT2D eigenvalue weighted by Gasteiger charge is 2.23. The summed E-state index contributed by atoms with van der Waals surface area (Å²) < 4.78 is 15.5. The van der Waals surface area contributed by atoms with E-state index in [1.165, 1.54) is 0 Å². The maximum Gasteiger partial charge on any atom is 0.407 e. The summed E-state index contributed by atoms with van der Waals surface area (Å²) in [7, 11) is 1.67. The lowest BCUT2D eigenvalue weighted by Crippen LogP contribution is -2.22. The van der Waals surface area contributed by atoms with Crippen molar-refractivity contribution in [1.29, 1.82) is 0 Å². The van der Waals surface area contributed by atoms with Crippen LogP contribution in [0.4, 0.5) is 4.79 Å². The molecule has 0 radical (unpaired) electrons. The molecule has 2 N–H and O–H groups in total. The molecule has 1 amide bonds.